The third-order valence-electron chi connectivity index (χ3n) is 4.81. The van der Waals surface area contributed by atoms with E-state index in [0.717, 1.165) is 38.7 Å². The van der Waals surface area contributed by atoms with Gasteiger partial charge in [0.15, 0.2) is 0 Å². The fourth-order valence-corrected chi connectivity index (χ4v) is 3.33. The van der Waals surface area contributed by atoms with Crippen LogP contribution < -0.4 is 10.6 Å². The Bertz CT molecular complexity index is 375. The highest BCUT2D eigenvalue weighted by molar-refractivity contribution is 5.74. The second-order valence-corrected chi connectivity index (χ2v) is 6.20. The Balaban J connectivity index is 1.69. The van der Waals surface area contributed by atoms with Crippen molar-refractivity contribution in [2.45, 2.75) is 45.1 Å². The van der Waals surface area contributed by atoms with E-state index in [-0.39, 0.29) is 24.0 Å². The molecule has 0 radical (unpaired) electrons. The van der Waals surface area contributed by atoms with Crippen LogP contribution in [-0.4, -0.2) is 42.9 Å². The van der Waals surface area contributed by atoms with E-state index in [2.05, 4.69) is 10.6 Å². The van der Waals surface area contributed by atoms with E-state index in [4.69, 9.17) is 4.74 Å². The molecular formula is C15H26N2O4. The molecule has 6 nitrogen and oxygen atoms in total. The Labute approximate surface area is 125 Å². The van der Waals surface area contributed by atoms with Gasteiger partial charge in [0.25, 0.3) is 0 Å². The van der Waals surface area contributed by atoms with Crippen LogP contribution in [0.1, 0.15) is 39.0 Å². The summed E-state index contributed by atoms with van der Waals surface area (Å²) in [6.45, 7) is 3.84. The minimum Gasteiger partial charge on any atom is -0.481 e. The number of amides is 2. The Morgan fingerprint density at radius 2 is 1.76 bits per heavy atom. The Morgan fingerprint density at radius 1 is 1.10 bits per heavy atom. The molecule has 0 spiro atoms. The van der Waals surface area contributed by atoms with Gasteiger partial charge >= 0.3 is 12.0 Å². The lowest BCUT2D eigenvalue weighted by Crippen LogP contribution is -2.43. The smallest absolute Gasteiger partial charge is 0.314 e. The number of carboxylic acid groups (broad SMARTS) is 1. The Morgan fingerprint density at radius 3 is 2.38 bits per heavy atom. The van der Waals surface area contributed by atoms with Gasteiger partial charge in [0.05, 0.1) is 12.0 Å². The molecule has 2 rings (SSSR count). The maximum Gasteiger partial charge on any atom is 0.314 e. The summed E-state index contributed by atoms with van der Waals surface area (Å²) in [7, 11) is 0. The van der Waals surface area contributed by atoms with Crippen LogP contribution in [0.4, 0.5) is 4.79 Å². The third-order valence-corrected chi connectivity index (χ3v) is 4.81. The van der Waals surface area contributed by atoms with Gasteiger partial charge in [-0.25, -0.2) is 4.79 Å². The number of carbonyl (C=O) groups excluding carboxylic acids is 1. The molecule has 2 aliphatic rings. The standard InChI is InChI=1S/C15H26N2O4/c1-10-11(6-7-21-10)8-16-15(20)17-9-12-4-2-3-5-13(12)14(18)19/h10-13H,2-9H2,1H3,(H,18,19)(H2,16,17,20). The van der Waals surface area contributed by atoms with Crippen molar-refractivity contribution in [3.05, 3.63) is 0 Å². The third kappa shape index (κ3) is 4.59. The molecule has 0 aromatic carbocycles. The number of carboxylic acids is 1. The summed E-state index contributed by atoms with van der Waals surface area (Å²) in [4.78, 5) is 23.0. The second-order valence-electron chi connectivity index (χ2n) is 6.20. The van der Waals surface area contributed by atoms with Crippen LogP contribution in [0, 0.1) is 17.8 Å². The van der Waals surface area contributed by atoms with Crippen LogP contribution in [0.3, 0.4) is 0 Å². The van der Waals surface area contributed by atoms with E-state index >= 15 is 0 Å². The van der Waals surface area contributed by atoms with E-state index in [1.54, 1.807) is 0 Å². The van der Waals surface area contributed by atoms with E-state index in [1.807, 2.05) is 6.92 Å². The molecule has 21 heavy (non-hydrogen) atoms. The van der Waals surface area contributed by atoms with Crippen molar-refractivity contribution in [3.63, 3.8) is 0 Å². The predicted molar refractivity (Wildman–Crippen MR) is 78.0 cm³/mol. The fourth-order valence-electron chi connectivity index (χ4n) is 3.33. The first kappa shape index (κ1) is 16.1. The molecule has 0 aromatic rings. The van der Waals surface area contributed by atoms with Crippen LogP contribution in [0.5, 0.6) is 0 Å². The second kappa shape index (κ2) is 7.64. The first-order valence-electron chi connectivity index (χ1n) is 7.94. The minimum absolute atomic E-state index is 0.0516. The Kier molecular flexibility index (Phi) is 5.85. The first-order chi connectivity index (χ1) is 10.1. The maximum atomic E-state index is 11.8. The van der Waals surface area contributed by atoms with Gasteiger partial charge < -0.3 is 20.5 Å². The fraction of sp³-hybridized carbons (Fsp3) is 0.867. The average molecular weight is 298 g/mol. The van der Waals surface area contributed by atoms with Gasteiger partial charge in [-0.05, 0) is 32.1 Å². The van der Waals surface area contributed by atoms with E-state index < -0.39 is 5.97 Å². The number of hydrogen-bond donors (Lipinski definition) is 3. The molecule has 2 amide bonds. The molecule has 1 heterocycles. The average Bonchev–Trinajstić information content (AvgIpc) is 2.88. The summed E-state index contributed by atoms with van der Waals surface area (Å²) in [5, 5.41) is 14.9. The van der Waals surface area contributed by atoms with Gasteiger partial charge in [-0.3, -0.25) is 4.79 Å². The quantitative estimate of drug-likeness (QED) is 0.719. The highest BCUT2D eigenvalue weighted by atomic mass is 16.5. The van der Waals surface area contributed by atoms with Crippen molar-refractivity contribution in [1.29, 1.82) is 0 Å². The molecule has 2 fully saturated rings. The summed E-state index contributed by atoms with van der Waals surface area (Å²) in [5.74, 6) is -0.630. The number of rotatable bonds is 5. The van der Waals surface area contributed by atoms with Crippen LogP contribution in [-0.2, 0) is 9.53 Å². The van der Waals surface area contributed by atoms with E-state index in [1.165, 1.54) is 0 Å². The highest BCUT2D eigenvalue weighted by Crippen LogP contribution is 2.29. The van der Waals surface area contributed by atoms with Crippen LogP contribution in [0.25, 0.3) is 0 Å². The number of urea groups is 1. The lowest BCUT2D eigenvalue weighted by Gasteiger charge is -2.28. The lowest BCUT2D eigenvalue weighted by molar-refractivity contribution is -0.144. The number of ether oxygens (including phenoxy) is 1. The lowest BCUT2D eigenvalue weighted by atomic mass is 9.79. The molecule has 4 atom stereocenters. The first-order valence-corrected chi connectivity index (χ1v) is 7.94. The van der Waals surface area contributed by atoms with Crippen molar-refractivity contribution in [1.82, 2.24) is 10.6 Å². The van der Waals surface area contributed by atoms with Gasteiger partial charge in [-0.1, -0.05) is 12.8 Å². The zero-order valence-corrected chi connectivity index (χ0v) is 12.6. The molecule has 1 saturated carbocycles. The highest BCUT2D eigenvalue weighted by Gasteiger charge is 2.31. The van der Waals surface area contributed by atoms with Crippen molar-refractivity contribution in [2.75, 3.05) is 19.7 Å². The summed E-state index contributed by atoms with van der Waals surface area (Å²) in [6, 6.07) is -0.205. The number of hydrogen-bond acceptors (Lipinski definition) is 3. The van der Waals surface area contributed by atoms with Crippen molar-refractivity contribution >= 4 is 12.0 Å². The van der Waals surface area contributed by atoms with Crippen molar-refractivity contribution in [2.24, 2.45) is 17.8 Å². The summed E-state index contributed by atoms with van der Waals surface area (Å²) >= 11 is 0. The summed E-state index contributed by atoms with van der Waals surface area (Å²) < 4.78 is 5.46. The molecule has 1 saturated heterocycles. The van der Waals surface area contributed by atoms with Gasteiger partial charge in [0.2, 0.25) is 0 Å². The number of nitrogens with one attached hydrogen (secondary N) is 2. The van der Waals surface area contributed by atoms with Gasteiger partial charge in [0, 0.05) is 25.6 Å². The molecule has 6 heteroatoms. The van der Waals surface area contributed by atoms with Gasteiger partial charge in [-0.15, -0.1) is 0 Å². The van der Waals surface area contributed by atoms with Gasteiger partial charge in [0.1, 0.15) is 0 Å². The SMILES string of the molecule is CC1OCCC1CNC(=O)NCC1CCCCC1C(=O)O. The molecule has 4 unspecified atom stereocenters. The molecule has 0 bridgehead atoms. The normalized spacial score (nSPS) is 32.6. The molecule has 1 aliphatic heterocycles. The molecule has 1 aliphatic carbocycles. The molecular weight excluding hydrogens is 272 g/mol. The van der Waals surface area contributed by atoms with E-state index in [0.29, 0.717) is 19.0 Å². The zero-order valence-electron chi connectivity index (χ0n) is 12.6. The zero-order chi connectivity index (χ0) is 15.2. The van der Waals surface area contributed by atoms with Crippen molar-refractivity contribution in [3.8, 4) is 0 Å². The predicted octanol–water partition coefficient (Wildman–Crippen LogP) is 1.60. The van der Waals surface area contributed by atoms with Gasteiger partial charge in [-0.2, -0.15) is 0 Å². The van der Waals surface area contributed by atoms with Crippen LogP contribution >= 0.6 is 0 Å². The summed E-state index contributed by atoms with van der Waals surface area (Å²) in [6.07, 6.45) is 4.80. The maximum absolute atomic E-state index is 11.8. The van der Waals surface area contributed by atoms with Crippen LogP contribution in [0.15, 0.2) is 0 Å². The monoisotopic (exact) mass is 298 g/mol. The topological polar surface area (TPSA) is 87.7 Å². The van der Waals surface area contributed by atoms with Crippen LogP contribution in [0.2, 0.25) is 0 Å². The van der Waals surface area contributed by atoms with E-state index in [9.17, 15) is 14.7 Å². The minimum atomic E-state index is -0.737. The number of carbonyl (C=O) groups is 2. The molecule has 0 aromatic heterocycles. The molecule has 3 N–H and O–H groups in total. The number of aliphatic carboxylic acids is 1. The Hall–Kier alpha value is -1.30. The molecule has 120 valence electrons. The van der Waals surface area contributed by atoms with Crippen molar-refractivity contribution < 1.29 is 19.4 Å². The largest absolute Gasteiger partial charge is 0.481 e. The summed E-state index contributed by atoms with van der Waals surface area (Å²) in [5.41, 5.74) is 0.